The zero-order chi connectivity index (χ0) is 16.4. The smallest absolute Gasteiger partial charge is 0.309 e. The summed E-state index contributed by atoms with van der Waals surface area (Å²) in [7, 11) is 0. The van der Waals surface area contributed by atoms with Crippen LogP contribution in [0.4, 0.5) is 0 Å². The van der Waals surface area contributed by atoms with Crippen molar-refractivity contribution in [2.24, 2.45) is 11.8 Å². The van der Waals surface area contributed by atoms with Crippen LogP contribution in [0.2, 0.25) is 0 Å². The summed E-state index contributed by atoms with van der Waals surface area (Å²) in [5.41, 5.74) is -0.765. The van der Waals surface area contributed by atoms with E-state index in [1.165, 1.54) is 5.06 Å². The Morgan fingerprint density at radius 1 is 1.24 bits per heavy atom. The summed E-state index contributed by atoms with van der Waals surface area (Å²) in [4.78, 5) is 12.4. The third-order valence-corrected chi connectivity index (χ3v) is 4.47. The third-order valence-electron chi connectivity index (χ3n) is 4.47. The number of rotatable bonds is 5. The largest absolute Gasteiger partial charge is 0.462 e. The van der Waals surface area contributed by atoms with Crippen LogP contribution in [0.1, 0.15) is 74.1 Å². The lowest BCUT2D eigenvalue weighted by Crippen LogP contribution is -2.60. The highest BCUT2D eigenvalue weighted by molar-refractivity contribution is 5.72. The van der Waals surface area contributed by atoms with Gasteiger partial charge in [0.15, 0.2) is 0 Å². The van der Waals surface area contributed by atoms with Gasteiger partial charge in [-0.2, -0.15) is 5.06 Å². The van der Waals surface area contributed by atoms with Gasteiger partial charge in [0.1, 0.15) is 6.10 Å². The van der Waals surface area contributed by atoms with Crippen LogP contribution in [0.3, 0.4) is 0 Å². The molecule has 1 atom stereocenters. The monoisotopic (exact) mass is 299 g/mol. The van der Waals surface area contributed by atoms with Crippen LogP contribution in [0.25, 0.3) is 0 Å². The van der Waals surface area contributed by atoms with Gasteiger partial charge in [-0.05, 0) is 46.5 Å². The molecule has 1 unspecified atom stereocenters. The maximum absolute atomic E-state index is 12.4. The Morgan fingerprint density at radius 3 is 2.10 bits per heavy atom. The van der Waals surface area contributed by atoms with E-state index in [0.717, 1.165) is 12.8 Å². The molecule has 4 nitrogen and oxygen atoms in total. The molecule has 0 saturated carbocycles. The van der Waals surface area contributed by atoms with Gasteiger partial charge < -0.3 is 9.94 Å². The maximum atomic E-state index is 12.4. The summed E-state index contributed by atoms with van der Waals surface area (Å²) in [5.74, 6) is 0.409. The fourth-order valence-electron chi connectivity index (χ4n) is 3.52. The zero-order valence-electron chi connectivity index (χ0n) is 14.8. The summed E-state index contributed by atoms with van der Waals surface area (Å²) in [6.45, 7) is 14.2. The summed E-state index contributed by atoms with van der Waals surface area (Å²) in [6.07, 6.45) is 2.91. The first kappa shape index (κ1) is 18.4. The van der Waals surface area contributed by atoms with Crippen LogP contribution < -0.4 is 0 Å². The van der Waals surface area contributed by atoms with E-state index in [2.05, 4.69) is 13.8 Å². The number of hydrogen-bond donors (Lipinski definition) is 1. The lowest BCUT2D eigenvalue weighted by Gasteiger charge is -2.51. The standard InChI is InChI=1S/C17H33NO3/c1-8-13(9-12(2)3)15(19)21-14-10-16(4,5)18(20)17(6,7)11-14/h12-14,20H,8-11H2,1-7H3. The predicted molar refractivity (Wildman–Crippen MR) is 84.1 cm³/mol. The van der Waals surface area contributed by atoms with Crippen molar-refractivity contribution in [3.05, 3.63) is 0 Å². The molecule has 0 aromatic rings. The Morgan fingerprint density at radius 2 is 1.71 bits per heavy atom. The van der Waals surface area contributed by atoms with E-state index in [1.807, 2.05) is 34.6 Å². The van der Waals surface area contributed by atoms with Crippen molar-refractivity contribution in [2.75, 3.05) is 0 Å². The topological polar surface area (TPSA) is 49.8 Å². The van der Waals surface area contributed by atoms with Crippen molar-refractivity contribution in [1.29, 1.82) is 0 Å². The van der Waals surface area contributed by atoms with Crippen molar-refractivity contribution in [1.82, 2.24) is 5.06 Å². The minimum absolute atomic E-state index is 0.0108. The molecule has 0 bridgehead atoms. The summed E-state index contributed by atoms with van der Waals surface area (Å²) < 4.78 is 5.79. The van der Waals surface area contributed by atoms with Crippen molar-refractivity contribution in [3.63, 3.8) is 0 Å². The van der Waals surface area contributed by atoms with Crippen LogP contribution in [-0.4, -0.2) is 33.4 Å². The van der Waals surface area contributed by atoms with E-state index in [1.54, 1.807) is 0 Å². The normalized spacial score (nSPS) is 24.0. The van der Waals surface area contributed by atoms with Crippen LogP contribution in [0, 0.1) is 11.8 Å². The first-order valence-corrected chi connectivity index (χ1v) is 8.19. The van der Waals surface area contributed by atoms with E-state index in [-0.39, 0.29) is 29.1 Å². The molecule has 1 saturated heterocycles. The Kier molecular flexibility index (Phi) is 5.84. The van der Waals surface area contributed by atoms with Gasteiger partial charge in [-0.25, -0.2) is 0 Å². The third kappa shape index (κ3) is 4.68. The second-order valence-corrected chi connectivity index (χ2v) is 8.14. The molecule has 0 amide bonds. The van der Waals surface area contributed by atoms with Crippen molar-refractivity contribution in [3.8, 4) is 0 Å². The number of ether oxygens (including phenoxy) is 1. The van der Waals surface area contributed by atoms with Gasteiger partial charge in [0, 0.05) is 23.9 Å². The Balaban J connectivity index is 2.72. The van der Waals surface area contributed by atoms with Gasteiger partial charge in [0.05, 0.1) is 5.92 Å². The molecule has 124 valence electrons. The molecule has 1 fully saturated rings. The molecule has 21 heavy (non-hydrogen) atoms. The lowest BCUT2D eigenvalue weighted by molar-refractivity contribution is -0.260. The highest BCUT2D eigenvalue weighted by Crippen LogP contribution is 2.38. The molecule has 0 radical (unpaired) electrons. The van der Waals surface area contributed by atoms with Gasteiger partial charge in [0.25, 0.3) is 0 Å². The molecular weight excluding hydrogens is 266 g/mol. The number of hydrogen-bond acceptors (Lipinski definition) is 4. The number of hydroxylamine groups is 2. The first-order chi connectivity index (χ1) is 9.49. The molecule has 1 rings (SSSR count). The molecule has 0 aromatic heterocycles. The molecule has 1 heterocycles. The number of piperidine rings is 1. The minimum Gasteiger partial charge on any atom is -0.462 e. The van der Waals surface area contributed by atoms with E-state index < -0.39 is 0 Å². The van der Waals surface area contributed by atoms with Gasteiger partial charge in [-0.15, -0.1) is 0 Å². The van der Waals surface area contributed by atoms with E-state index >= 15 is 0 Å². The lowest BCUT2D eigenvalue weighted by atomic mass is 9.80. The van der Waals surface area contributed by atoms with Crippen LogP contribution in [0.15, 0.2) is 0 Å². The summed E-state index contributed by atoms with van der Waals surface area (Å²) in [6, 6.07) is 0. The molecular formula is C17H33NO3. The van der Waals surface area contributed by atoms with Gasteiger partial charge in [0.2, 0.25) is 0 Å². The summed E-state index contributed by atoms with van der Waals surface area (Å²) in [5, 5.41) is 11.7. The van der Waals surface area contributed by atoms with Crippen molar-refractivity contribution >= 4 is 5.97 Å². The Hall–Kier alpha value is -0.610. The maximum Gasteiger partial charge on any atom is 0.309 e. The van der Waals surface area contributed by atoms with Gasteiger partial charge in [-0.3, -0.25) is 4.79 Å². The minimum atomic E-state index is -0.382. The average molecular weight is 299 g/mol. The molecule has 1 aliphatic rings. The van der Waals surface area contributed by atoms with Crippen LogP contribution in [0.5, 0.6) is 0 Å². The number of carbonyl (C=O) groups is 1. The number of esters is 1. The Labute approximate surface area is 129 Å². The summed E-state index contributed by atoms with van der Waals surface area (Å²) >= 11 is 0. The van der Waals surface area contributed by atoms with Crippen molar-refractivity contribution in [2.45, 2.75) is 91.3 Å². The molecule has 0 spiro atoms. The fraction of sp³-hybridized carbons (Fsp3) is 0.941. The fourth-order valence-corrected chi connectivity index (χ4v) is 3.52. The zero-order valence-corrected chi connectivity index (χ0v) is 14.8. The first-order valence-electron chi connectivity index (χ1n) is 8.19. The second-order valence-electron chi connectivity index (χ2n) is 8.14. The van der Waals surface area contributed by atoms with Crippen LogP contribution >= 0.6 is 0 Å². The molecule has 0 aromatic carbocycles. The molecule has 0 aliphatic carbocycles. The van der Waals surface area contributed by atoms with E-state index in [0.29, 0.717) is 18.8 Å². The van der Waals surface area contributed by atoms with E-state index in [4.69, 9.17) is 4.74 Å². The number of carbonyl (C=O) groups excluding carboxylic acids is 1. The highest BCUT2D eigenvalue weighted by Gasteiger charge is 2.46. The van der Waals surface area contributed by atoms with Gasteiger partial charge in [-0.1, -0.05) is 20.8 Å². The quantitative estimate of drug-likeness (QED) is 0.779. The highest BCUT2D eigenvalue weighted by atomic mass is 16.5. The van der Waals surface area contributed by atoms with E-state index in [9.17, 15) is 10.0 Å². The molecule has 4 heteroatoms. The molecule has 1 N–H and O–H groups in total. The average Bonchev–Trinajstić information content (AvgIpc) is 2.31. The Bertz CT molecular complexity index is 345. The van der Waals surface area contributed by atoms with Crippen molar-refractivity contribution < 1.29 is 14.7 Å². The number of nitrogens with zero attached hydrogens (tertiary/aromatic N) is 1. The molecule has 1 aliphatic heterocycles. The predicted octanol–water partition coefficient (Wildman–Crippen LogP) is 4.01. The van der Waals surface area contributed by atoms with Gasteiger partial charge >= 0.3 is 5.97 Å². The second kappa shape index (κ2) is 6.66. The van der Waals surface area contributed by atoms with Crippen LogP contribution in [-0.2, 0) is 9.53 Å². The SMILES string of the molecule is CCC(CC(C)C)C(=O)OC1CC(C)(C)N(O)C(C)(C)C1.